The molecule has 5 nitrogen and oxygen atoms in total. The Morgan fingerprint density at radius 2 is 2.04 bits per heavy atom. The van der Waals surface area contributed by atoms with Crippen molar-refractivity contribution in [2.45, 2.75) is 50.3 Å². The first-order valence-corrected chi connectivity index (χ1v) is 7.93. The Hall–Kier alpha value is -1.57. The maximum atomic E-state index is 12.7. The molecule has 8 heteroatoms. The number of carbonyl (C=O) groups excluding carboxylic acids is 1. The predicted octanol–water partition coefficient (Wildman–Crippen LogP) is 1.99. The van der Waals surface area contributed by atoms with E-state index in [0.29, 0.717) is 0 Å². The summed E-state index contributed by atoms with van der Waals surface area (Å²) in [5, 5.41) is 16.2. The average Bonchev–Trinajstić information content (AvgIpc) is 3.01. The lowest BCUT2D eigenvalue weighted by Crippen LogP contribution is -2.46. The van der Waals surface area contributed by atoms with Crippen LogP contribution in [-0.2, 0) is 11.2 Å². The molecule has 1 aliphatic carbocycles. The van der Waals surface area contributed by atoms with Crippen molar-refractivity contribution in [1.82, 2.24) is 15.1 Å². The number of piperidine rings is 1. The molecule has 2 heterocycles. The van der Waals surface area contributed by atoms with Gasteiger partial charge in [-0.05, 0) is 38.0 Å². The Balaban J connectivity index is 1.62. The van der Waals surface area contributed by atoms with Gasteiger partial charge in [0.15, 0.2) is 6.10 Å². The van der Waals surface area contributed by atoms with E-state index in [9.17, 15) is 23.1 Å². The van der Waals surface area contributed by atoms with Gasteiger partial charge in [0.2, 0.25) is 5.91 Å². The second kappa shape index (κ2) is 6.14. The van der Waals surface area contributed by atoms with E-state index in [4.69, 9.17) is 0 Å². The van der Waals surface area contributed by atoms with Gasteiger partial charge in [0.25, 0.3) is 0 Å². The molecule has 0 bridgehead atoms. The van der Waals surface area contributed by atoms with Crippen LogP contribution in [-0.4, -0.2) is 51.5 Å². The fourth-order valence-corrected chi connectivity index (χ4v) is 3.64. The van der Waals surface area contributed by atoms with E-state index < -0.39 is 18.2 Å². The number of nitrogens with zero attached hydrogens (tertiary/aromatic N) is 2. The van der Waals surface area contributed by atoms with Gasteiger partial charge in [-0.2, -0.15) is 18.3 Å². The van der Waals surface area contributed by atoms with Gasteiger partial charge >= 0.3 is 6.18 Å². The molecule has 0 radical (unpaired) electrons. The van der Waals surface area contributed by atoms with E-state index in [0.717, 1.165) is 30.5 Å². The number of aryl methyl sites for hydroxylation is 1. The molecule has 1 fully saturated rings. The fourth-order valence-electron chi connectivity index (χ4n) is 3.64. The minimum Gasteiger partial charge on any atom is -0.383 e. The Bertz CT molecular complexity index is 565. The molecular weight excluding hydrogens is 311 g/mol. The summed E-state index contributed by atoms with van der Waals surface area (Å²) in [5.41, 5.74) is 1.90. The fraction of sp³-hybridized carbons (Fsp3) is 0.733. The molecule has 0 saturated carbocycles. The van der Waals surface area contributed by atoms with Crippen LogP contribution in [0.5, 0.6) is 0 Å². The highest BCUT2D eigenvalue weighted by Gasteiger charge is 2.45. The number of carbonyl (C=O) groups is 1. The minimum absolute atomic E-state index is 0.0349. The highest BCUT2D eigenvalue weighted by atomic mass is 19.4. The van der Waals surface area contributed by atoms with E-state index >= 15 is 0 Å². The standard InChI is InChI=1S/C15H20F3N3O2/c16-15(17,18)13(22)9-4-6-21(7-5-9)14(23)10-2-1-3-12-11(10)8-19-20-12/h8-10,13,22H,1-7H2,(H,19,20). The smallest absolute Gasteiger partial charge is 0.383 e. The first kappa shape index (κ1) is 16.3. The number of fused-ring (bicyclic) bond motifs is 1. The van der Waals surface area contributed by atoms with Gasteiger partial charge in [0, 0.05) is 24.3 Å². The van der Waals surface area contributed by atoms with E-state index in [2.05, 4.69) is 10.2 Å². The number of halogens is 3. The summed E-state index contributed by atoms with van der Waals surface area (Å²) in [5.74, 6) is -1.11. The number of hydrogen-bond donors (Lipinski definition) is 2. The van der Waals surface area contributed by atoms with Gasteiger partial charge in [0.05, 0.1) is 12.1 Å². The van der Waals surface area contributed by atoms with Crippen LogP contribution in [0.1, 0.15) is 42.9 Å². The third-order valence-electron chi connectivity index (χ3n) is 4.98. The number of aromatic amines is 1. The molecule has 0 spiro atoms. The summed E-state index contributed by atoms with van der Waals surface area (Å²) in [6, 6.07) is 0. The predicted molar refractivity (Wildman–Crippen MR) is 75.6 cm³/mol. The van der Waals surface area contributed by atoms with Crippen molar-refractivity contribution in [3.8, 4) is 0 Å². The zero-order valence-electron chi connectivity index (χ0n) is 12.6. The number of aliphatic hydroxyl groups excluding tert-OH is 1. The highest BCUT2D eigenvalue weighted by molar-refractivity contribution is 5.84. The van der Waals surface area contributed by atoms with Crippen molar-refractivity contribution >= 4 is 5.91 Å². The number of alkyl halides is 3. The molecule has 128 valence electrons. The lowest BCUT2D eigenvalue weighted by molar-refractivity contribution is -0.223. The van der Waals surface area contributed by atoms with E-state index in [1.165, 1.54) is 0 Å². The summed E-state index contributed by atoms with van der Waals surface area (Å²) in [6.45, 7) is 0.528. The van der Waals surface area contributed by atoms with Crippen molar-refractivity contribution in [2.24, 2.45) is 5.92 Å². The number of nitrogens with one attached hydrogen (secondary N) is 1. The van der Waals surface area contributed by atoms with Gasteiger partial charge in [-0.15, -0.1) is 0 Å². The SMILES string of the molecule is O=C(C1CCCc2[nH]ncc21)N1CCC(C(O)C(F)(F)F)CC1. The normalized spacial score (nSPS) is 24.3. The Morgan fingerprint density at radius 1 is 1.35 bits per heavy atom. The molecule has 2 aliphatic rings. The third kappa shape index (κ3) is 3.22. The minimum atomic E-state index is -4.59. The van der Waals surface area contributed by atoms with Gasteiger partial charge in [-0.3, -0.25) is 9.89 Å². The molecule has 1 saturated heterocycles. The first-order valence-electron chi connectivity index (χ1n) is 7.93. The first-order chi connectivity index (χ1) is 10.9. The van der Waals surface area contributed by atoms with Crippen molar-refractivity contribution < 1.29 is 23.1 Å². The molecule has 1 aromatic rings. The number of aliphatic hydroxyl groups is 1. The summed E-state index contributed by atoms with van der Waals surface area (Å²) < 4.78 is 37.7. The van der Waals surface area contributed by atoms with Crippen LogP contribution >= 0.6 is 0 Å². The van der Waals surface area contributed by atoms with Crippen LogP contribution < -0.4 is 0 Å². The monoisotopic (exact) mass is 331 g/mol. The van der Waals surface area contributed by atoms with Gasteiger partial charge in [-0.25, -0.2) is 0 Å². The lowest BCUT2D eigenvalue weighted by atomic mass is 9.84. The Morgan fingerprint density at radius 3 is 2.70 bits per heavy atom. The molecule has 23 heavy (non-hydrogen) atoms. The van der Waals surface area contributed by atoms with E-state index in [-0.39, 0.29) is 37.8 Å². The number of rotatable bonds is 2. The largest absolute Gasteiger partial charge is 0.414 e. The maximum absolute atomic E-state index is 12.7. The van der Waals surface area contributed by atoms with Crippen LogP contribution in [0.25, 0.3) is 0 Å². The van der Waals surface area contributed by atoms with Crippen LogP contribution in [0.4, 0.5) is 13.2 Å². The molecular formula is C15H20F3N3O2. The molecule has 2 N–H and O–H groups in total. The number of amides is 1. The van der Waals surface area contributed by atoms with Crippen LogP contribution in [0.15, 0.2) is 6.20 Å². The van der Waals surface area contributed by atoms with Crippen LogP contribution in [0.2, 0.25) is 0 Å². The molecule has 0 aromatic carbocycles. The summed E-state index contributed by atoms with van der Waals surface area (Å²) in [6.07, 6.45) is -2.34. The summed E-state index contributed by atoms with van der Waals surface area (Å²) in [4.78, 5) is 14.3. The topological polar surface area (TPSA) is 69.2 Å². The van der Waals surface area contributed by atoms with Gasteiger partial charge < -0.3 is 10.0 Å². The van der Waals surface area contributed by atoms with Crippen molar-refractivity contribution in [2.75, 3.05) is 13.1 Å². The number of H-pyrrole nitrogens is 1. The zero-order chi connectivity index (χ0) is 16.6. The molecule has 2 atom stereocenters. The van der Waals surface area contributed by atoms with Crippen molar-refractivity contribution in [3.63, 3.8) is 0 Å². The average molecular weight is 331 g/mol. The van der Waals surface area contributed by atoms with Crippen LogP contribution in [0.3, 0.4) is 0 Å². The number of hydrogen-bond acceptors (Lipinski definition) is 3. The van der Waals surface area contributed by atoms with Crippen molar-refractivity contribution in [3.05, 3.63) is 17.5 Å². The zero-order valence-corrected chi connectivity index (χ0v) is 12.6. The Kier molecular flexibility index (Phi) is 4.35. The number of aromatic nitrogens is 2. The van der Waals surface area contributed by atoms with Gasteiger partial charge in [-0.1, -0.05) is 0 Å². The van der Waals surface area contributed by atoms with E-state index in [1.54, 1.807) is 11.1 Å². The molecule has 1 amide bonds. The lowest BCUT2D eigenvalue weighted by Gasteiger charge is -2.37. The third-order valence-corrected chi connectivity index (χ3v) is 4.98. The molecule has 3 rings (SSSR count). The van der Waals surface area contributed by atoms with Crippen molar-refractivity contribution in [1.29, 1.82) is 0 Å². The molecule has 1 aliphatic heterocycles. The van der Waals surface area contributed by atoms with E-state index in [1.807, 2.05) is 0 Å². The summed E-state index contributed by atoms with van der Waals surface area (Å²) in [7, 11) is 0. The molecule has 1 aromatic heterocycles. The second-order valence-corrected chi connectivity index (χ2v) is 6.40. The second-order valence-electron chi connectivity index (χ2n) is 6.40. The summed E-state index contributed by atoms with van der Waals surface area (Å²) >= 11 is 0. The highest BCUT2D eigenvalue weighted by Crippen LogP contribution is 2.35. The quantitative estimate of drug-likeness (QED) is 0.871. The maximum Gasteiger partial charge on any atom is 0.414 e. The Labute approximate surface area is 131 Å². The van der Waals surface area contributed by atoms with Crippen LogP contribution in [0, 0.1) is 5.92 Å². The van der Waals surface area contributed by atoms with Gasteiger partial charge in [0.1, 0.15) is 0 Å². The number of likely N-dealkylation sites (tertiary alicyclic amines) is 1. The molecule has 2 unspecified atom stereocenters.